The predicted octanol–water partition coefficient (Wildman–Crippen LogP) is 4.56. The van der Waals surface area contributed by atoms with Crippen LogP contribution >= 0.6 is 15.9 Å². The highest BCUT2D eigenvalue weighted by molar-refractivity contribution is 9.10. The number of fused-ring (bicyclic) bond motifs is 1. The molecule has 0 aliphatic carbocycles. The molecule has 0 N–H and O–H groups in total. The van der Waals surface area contributed by atoms with Crippen LogP contribution in [0.3, 0.4) is 0 Å². The van der Waals surface area contributed by atoms with Gasteiger partial charge < -0.3 is 9.64 Å². The molecule has 0 unspecified atom stereocenters. The first-order valence-corrected chi connectivity index (χ1v) is 15.6. The van der Waals surface area contributed by atoms with E-state index in [-0.39, 0.29) is 24.1 Å². The highest BCUT2D eigenvalue weighted by atomic mass is 79.9. The molecule has 0 spiro atoms. The third kappa shape index (κ3) is 5.88. The Morgan fingerprint density at radius 3 is 2.56 bits per heavy atom. The number of amides is 1. The first-order chi connectivity index (χ1) is 20.7. The van der Waals surface area contributed by atoms with E-state index < -0.39 is 0 Å². The van der Waals surface area contributed by atoms with Crippen LogP contribution in [0.25, 0.3) is 11.6 Å². The summed E-state index contributed by atoms with van der Waals surface area (Å²) < 4.78 is 10.1. The third-order valence-electron chi connectivity index (χ3n) is 8.30. The van der Waals surface area contributed by atoms with E-state index in [0.717, 1.165) is 41.1 Å². The smallest absolute Gasteiger partial charge is 0.263 e. The van der Waals surface area contributed by atoms with Gasteiger partial charge in [0.2, 0.25) is 11.8 Å². The van der Waals surface area contributed by atoms with Crippen molar-refractivity contribution in [3.63, 3.8) is 0 Å². The summed E-state index contributed by atoms with van der Waals surface area (Å²) >= 11 is 3.51. The number of carbonyl (C=O) groups is 1. The molecule has 2 aliphatic heterocycles. The lowest BCUT2D eigenvalue weighted by atomic mass is 9.98. The Balaban J connectivity index is 1.35. The molecule has 2 aliphatic rings. The van der Waals surface area contributed by atoms with Gasteiger partial charge in [0, 0.05) is 39.9 Å². The Bertz CT molecular complexity index is 1720. The zero-order valence-electron chi connectivity index (χ0n) is 25.0. The molecule has 0 saturated carbocycles. The lowest BCUT2D eigenvalue weighted by Crippen LogP contribution is -2.46. The van der Waals surface area contributed by atoms with Gasteiger partial charge in [-0.05, 0) is 95.9 Å². The highest BCUT2D eigenvalue weighted by Gasteiger charge is 2.32. The zero-order valence-corrected chi connectivity index (χ0v) is 26.6. The van der Waals surface area contributed by atoms with Gasteiger partial charge >= 0.3 is 0 Å². The number of likely N-dealkylation sites (tertiary alicyclic amines) is 1. The van der Waals surface area contributed by atoms with E-state index in [4.69, 9.17) is 9.72 Å². The van der Waals surface area contributed by atoms with E-state index in [0.29, 0.717) is 47.4 Å². The van der Waals surface area contributed by atoms with Crippen LogP contribution in [0.2, 0.25) is 0 Å². The minimum absolute atomic E-state index is 0.0862. The van der Waals surface area contributed by atoms with Crippen molar-refractivity contribution in [1.29, 1.82) is 0 Å². The minimum atomic E-state index is -0.185. The van der Waals surface area contributed by atoms with Crippen LogP contribution in [0, 0.1) is 20.8 Å². The summed E-state index contributed by atoms with van der Waals surface area (Å²) in [6.07, 6.45) is 4.52. The van der Waals surface area contributed by atoms with Crippen molar-refractivity contribution >= 4 is 21.8 Å². The molecule has 1 aromatic carbocycles. The van der Waals surface area contributed by atoms with Gasteiger partial charge in [-0.3, -0.25) is 14.5 Å². The van der Waals surface area contributed by atoms with Crippen LogP contribution in [0.1, 0.15) is 58.3 Å². The maximum absolute atomic E-state index is 14.2. The Labute approximate surface area is 259 Å². The number of rotatable bonds is 7. The maximum Gasteiger partial charge on any atom is 0.263 e. The van der Waals surface area contributed by atoms with Crippen LogP contribution in [0.15, 0.2) is 51.9 Å². The number of hydrogen-bond acceptors (Lipinski definition) is 7. The van der Waals surface area contributed by atoms with Gasteiger partial charge in [-0.15, -0.1) is 0 Å². The zero-order chi connectivity index (χ0) is 30.2. The molecule has 224 valence electrons. The van der Waals surface area contributed by atoms with Crippen LogP contribution < -0.4 is 10.3 Å². The molecule has 1 amide bonds. The lowest BCUT2D eigenvalue weighted by molar-refractivity contribution is 0.0652. The molecule has 6 rings (SSSR count). The van der Waals surface area contributed by atoms with Crippen LogP contribution in [-0.4, -0.2) is 72.3 Å². The predicted molar refractivity (Wildman–Crippen MR) is 167 cm³/mol. The number of aromatic nitrogens is 5. The van der Waals surface area contributed by atoms with E-state index in [9.17, 15) is 9.59 Å². The number of ether oxygens (including phenoxy) is 1. The summed E-state index contributed by atoms with van der Waals surface area (Å²) in [6.45, 7) is 11.7. The van der Waals surface area contributed by atoms with Gasteiger partial charge in [0.05, 0.1) is 29.8 Å². The first-order valence-electron chi connectivity index (χ1n) is 14.8. The maximum atomic E-state index is 14.2. The lowest BCUT2D eigenvalue weighted by Gasteiger charge is -2.34. The average Bonchev–Trinajstić information content (AvgIpc) is 3.63. The number of carbonyl (C=O) groups excluding carboxylic acids is 1. The second-order valence-electron chi connectivity index (χ2n) is 11.5. The molecule has 4 aromatic rings. The molecule has 0 radical (unpaired) electrons. The number of aryl methyl sites for hydroxylation is 3. The third-order valence-corrected chi connectivity index (χ3v) is 9.19. The summed E-state index contributed by atoms with van der Waals surface area (Å²) in [4.78, 5) is 41.5. The van der Waals surface area contributed by atoms with Crippen molar-refractivity contribution < 1.29 is 9.53 Å². The van der Waals surface area contributed by atoms with Crippen molar-refractivity contribution in [3.8, 4) is 17.5 Å². The van der Waals surface area contributed by atoms with E-state index in [2.05, 4.69) is 30.9 Å². The SMILES string of the molecule is Cc1cc(C)n(-c2nc3c(c(=O)n2-c2ccc(OCCN4CCCC4)nc2)C[C@@H](C)N(C(=O)c2ccc(Br)c(C)c2)C3)n1. The van der Waals surface area contributed by atoms with Gasteiger partial charge in [0.15, 0.2) is 0 Å². The Morgan fingerprint density at radius 2 is 1.88 bits per heavy atom. The van der Waals surface area contributed by atoms with Gasteiger partial charge in [0.25, 0.3) is 11.5 Å². The molecule has 5 heterocycles. The van der Waals surface area contributed by atoms with Gasteiger partial charge in [-0.1, -0.05) is 15.9 Å². The van der Waals surface area contributed by atoms with Crippen molar-refractivity contribution in [3.05, 3.63) is 91.2 Å². The number of nitrogens with zero attached hydrogens (tertiary/aromatic N) is 7. The number of pyridine rings is 1. The van der Waals surface area contributed by atoms with E-state index in [1.807, 2.05) is 58.0 Å². The average molecular weight is 647 g/mol. The summed E-state index contributed by atoms with van der Waals surface area (Å²) in [5, 5.41) is 4.65. The molecule has 43 heavy (non-hydrogen) atoms. The monoisotopic (exact) mass is 645 g/mol. The molecule has 1 atom stereocenters. The highest BCUT2D eigenvalue weighted by Crippen LogP contribution is 2.26. The van der Waals surface area contributed by atoms with E-state index >= 15 is 0 Å². The molecular weight excluding hydrogens is 610 g/mol. The second kappa shape index (κ2) is 12.0. The Kier molecular flexibility index (Phi) is 8.19. The molecular formula is C32H36BrN7O3. The normalized spacial score (nSPS) is 16.9. The van der Waals surface area contributed by atoms with Crippen LogP contribution in [0.4, 0.5) is 0 Å². The van der Waals surface area contributed by atoms with Gasteiger partial charge in [-0.25, -0.2) is 19.2 Å². The number of halogens is 1. The summed E-state index contributed by atoms with van der Waals surface area (Å²) in [7, 11) is 0. The summed E-state index contributed by atoms with van der Waals surface area (Å²) in [5.41, 5.74) is 4.82. The quantitative estimate of drug-likeness (QED) is 0.291. The molecule has 1 fully saturated rings. The number of hydrogen-bond donors (Lipinski definition) is 0. The number of benzene rings is 1. The van der Waals surface area contributed by atoms with Crippen molar-refractivity contribution in [2.75, 3.05) is 26.2 Å². The fourth-order valence-corrected chi connectivity index (χ4v) is 6.19. The van der Waals surface area contributed by atoms with Crippen molar-refractivity contribution in [1.82, 2.24) is 34.1 Å². The summed E-state index contributed by atoms with van der Waals surface area (Å²) in [5.74, 6) is 0.790. The second-order valence-corrected chi connectivity index (χ2v) is 12.4. The molecule has 11 heteroatoms. The van der Waals surface area contributed by atoms with Crippen LogP contribution in [0.5, 0.6) is 5.88 Å². The van der Waals surface area contributed by atoms with Crippen molar-refractivity contribution in [2.24, 2.45) is 0 Å². The molecule has 0 bridgehead atoms. The van der Waals surface area contributed by atoms with Gasteiger partial charge in [0.1, 0.15) is 6.61 Å². The van der Waals surface area contributed by atoms with Gasteiger partial charge in [-0.2, -0.15) is 5.10 Å². The minimum Gasteiger partial charge on any atom is -0.476 e. The van der Waals surface area contributed by atoms with E-state index in [1.165, 1.54) is 12.8 Å². The Hall–Kier alpha value is -3.83. The molecule has 1 saturated heterocycles. The van der Waals surface area contributed by atoms with E-state index in [1.54, 1.807) is 26.4 Å². The van der Waals surface area contributed by atoms with Crippen LogP contribution in [-0.2, 0) is 13.0 Å². The molecule has 10 nitrogen and oxygen atoms in total. The standard InChI is InChI=1S/C32H36BrN7O3/c1-20-15-24(7-9-27(20)33)30(41)38-19-28-26(17-22(38)3)31(42)39(32(35-28)40-23(4)16-21(2)36-40)25-8-10-29(34-18-25)43-14-13-37-11-5-6-12-37/h7-10,15-16,18,22H,5-6,11-14,17,19H2,1-4H3/t22-/m1/s1. The summed E-state index contributed by atoms with van der Waals surface area (Å²) in [6, 6.07) is 11.0. The largest absolute Gasteiger partial charge is 0.476 e. The topological polar surface area (TPSA) is 98.4 Å². The molecule has 3 aromatic heterocycles. The van der Waals surface area contributed by atoms with Crippen molar-refractivity contribution in [2.45, 2.75) is 59.5 Å². The Morgan fingerprint density at radius 1 is 1.09 bits per heavy atom. The fourth-order valence-electron chi connectivity index (χ4n) is 5.94. The fraction of sp³-hybridized carbons (Fsp3) is 0.406. The first kappa shape index (κ1) is 29.3.